The molecule has 0 heterocycles. The van der Waals surface area contributed by atoms with Crippen LogP contribution in [0.4, 0.5) is 0 Å². The maximum atomic E-state index is 10.1. The molecule has 0 saturated heterocycles. The van der Waals surface area contributed by atoms with Gasteiger partial charge in [-0.3, -0.25) is 0 Å². The Morgan fingerprint density at radius 3 is 0.362 bits per heavy atom. The Labute approximate surface area is 611 Å². The third-order valence-electron chi connectivity index (χ3n) is 16.3. The molecule has 12 nitrogen and oxygen atoms in total. The molecule has 556 valence electrons. The van der Waals surface area contributed by atoms with Crippen molar-refractivity contribution in [2.24, 2.45) is 0 Å². The van der Waals surface area contributed by atoms with E-state index in [1.165, 1.54) is 295 Å². The molecular formula is C80H156O12Sn2. The summed E-state index contributed by atoms with van der Waals surface area (Å²) in [6, 6.07) is 0. The average Bonchev–Trinajstić information content (AvgIpc) is 3.53. The van der Waals surface area contributed by atoms with E-state index in [0.29, 0.717) is 0 Å². The fraction of sp³-hybridized carbons (Fsp3) is 0.925. The number of carboxylic acid groups (broad SMARTS) is 6. The molecule has 0 amide bonds. The van der Waals surface area contributed by atoms with Gasteiger partial charge in [0.15, 0.2) is 0 Å². The van der Waals surface area contributed by atoms with Crippen LogP contribution in [-0.2, 0) is 28.8 Å². The van der Waals surface area contributed by atoms with Crippen molar-refractivity contribution in [1.82, 2.24) is 0 Å². The minimum absolute atomic E-state index is 0. The van der Waals surface area contributed by atoms with E-state index in [1.54, 1.807) is 8.87 Å². The van der Waals surface area contributed by atoms with Crippen LogP contribution in [0.25, 0.3) is 0 Å². The van der Waals surface area contributed by atoms with Crippen molar-refractivity contribution in [3.63, 3.8) is 0 Å². The number of carboxylic acids is 6. The predicted octanol–water partition coefficient (Wildman–Crippen LogP) is 18.7. The molecule has 0 aromatic rings. The number of carbonyl (C=O) groups is 6. The van der Waals surface area contributed by atoms with Crippen LogP contribution in [0.2, 0.25) is 8.87 Å². The second kappa shape index (κ2) is 107. The molecule has 0 N–H and O–H groups in total. The van der Waals surface area contributed by atoms with Gasteiger partial charge in [-0.05, 0) is 77.0 Å². The zero-order valence-electron chi connectivity index (χ0n) is 63.6. The normalized spacial score (nSPS) is 10.1. The zero-order valence-corrected chi connectivity index (χ0v) is 69.3. The first-order valence-electron chi connectivity index (χ1n) is 39.9. The van der Waals surface area contributed by atoms with Crippen LogP contribution in [0.15, 0.2) is 0 Å². The molecule has 0 atom stereocenters. The number of carbonyl (C=O) groups excluding carboxylic acids is 6. The fourth-order valence-corrected chi connectivity index (χ4v) is 14.4. The molecular weight excluding hydrogens is 1390 g/mol. The van der Waals surface area contributed by atoms with Crippen molar-refractivity contribution in [2.75, 3.05) is 0 Å². The third kappa shape index (κ3) is 146. The standard InChI is InChI=1S/6C12H24O2.2C4H9.2Sn/c6*1-2-3-4-5-6-7-8-9-10-11-12(13)14;2*1-3-4-2;;/h6*2-11H2,1H3,(H,13,14);2*1,3-4H2,2H3;;/q;;;;;;;;+2;+4/p-6. The Hall–Kier alpha value is -1.58. The fourth-order valence-electron chi connectivity index (χ4n) is 10.2. The molecule has 0 spiro atoms. The molecule has 0 aliphatic rings. The van der Waals surface area contributed by atoms with Gasteiger partial charge in [0.2, 0.25) is 0 Å². The summed E-state index contributed by atoms with van der Waals surface area (Å²) in [4.78, 5) is 60.6. The molecule has 0 unspecified atom stereocenters. The van der Waals surface area contributed by atoms with Crippen molar-refractivity contribution in [3.05, 3.63) is 0 Å². The van der Waals surface area contributed by atoms with E-state index >= 15 is 0 Å². The molecule has 94 heavy (non-hydrogen) atoms. The van der Waals surface area contributed by atoms with Gasteiger partial charge in [0, 0.05) is 35.8 Å². The smallest absolute Gasteiger partial charge is 4.00 e. The van der Waals surface area contributed by atoms with Gasteiger partial charge >= 0.3 is 93.5 Å². The molecule has 0 rings (SSSR count). The minimum Gasteiger partial charge on any atom is 4.00 e. The van der Waals surface area contributed by atoms with Gasteiger partial charge < -0.3 is 59.4 Å². The Morgan fingerprint density at radius 2 is 0.266 bits per heavy atom. The molecule has 0 fully saturated rings. The average molecular weight is 1550 g/mol. The quantitative estimate of drug-likeness (QED) is 0.0408. The van der Waals surface area contributed by atoms with Crippen molar-refractivity contribution in [2.45, 2.75) is 475 Å². The summed E-state index contributed by atoms with van der Waals surface area (Å²) >= 11 is 0.149. The first kappa shape index (κ1) is 108. The molecule has 0 aliphatic heterocycles. The Kier molecular flexibility index (Phi) is 124. The van der Waals surface area contributed by atoms with E-state index < -0.39 is 35.8 Å². The zero-order chi connectivity index (χ0) is 70.8. The molecule has 0 aromatic heterocycles. The van der Waals surface area contributed by atoms with Crippen molar-refractivity contribution < 1.29 is 59.4 Å². The van der Waals surface area contributed by atoms with E-state index in [1.807, 2.05) is 0 Å². The SMILES string of the molecule is CCCCCCCCCCCC(=O)[O-].CCCCCCCCCCCC(=O)[O-].CCCCCCCCCCCC(=O)[O-].CCCCCCCCCCCC(=O)[O-].CCCCCCCCCCCC(=O)[O-].CCCCCCCCCCCC(=O)[O-].CCC[CH2][Sn+2][CH2]CCC.[Sn+4]. The van der Waals surface area contributed by atoms with Crippen LogP contribution >= 0.6 is 0 Å². The minimum atomic E-state index is -0.909. The van der Waals surface area contributed by atoms with Crippen LogP contribution in [-0.4, -0.2) is 80.9 Å². The number of aliphatic carboxylic acids is 6. The Bertz CT molecular complexity index is 1160. The van der Waals surface area contributed by atoms with Crippen molar-refractivity contribution >= 4 is 80.9 Å². The Morgan fingerprint density at radius 1 is 0.170 bits per heavy atom. The van der Waals surface area contributed by atoms with E-state index in [4.69, 9.17) is 0 Å². The first-order chi connectivity index (χ1) is 45.0. The van der Waals surface area contributed by atoms with Gasteiger partial charge in [0.05, 0.1) is 0 Å². The summed E-state index contributed by atoms with van der Waals surface area (Å²) in [6.45, 7) is 17.9. The van der Waals surface area contributed by atoms with Gasteiger partial charge in [-0.1, -0.05) is 350 Å². The van der Waals surface area contributed by atoms with Gasteiger partial charge in [0.25, 0.3) is 0 Å². The van der Waals surface area contributed by atoms with Gasteiger partial charge in [-0.2, -0.15) is 0 Å². The number of rotatable bonds is 66. The van der Waals surface area contributed by atoms with Crippen LogP contribution in [0, 0.1) is 0 Å². The molecule has 14 heteroatoms. The van der Waals surface area contributed by atoms with Crippen LogP contribution in [0.3, 0.4) is 0 Å². The Balaban J connectivity index is -0.000000153. The predicted molar refractivity (Wildman–Crippen MR) is 392 cm³/mol. The topological polar surface area (TPSA) is 241 Å². The van der Waals surface area contributed by atoms with Gasteiger partial charge in [0.1, 0.15) is 0 Å². The second-order valence-electron chi connectivity index (χ2n) is 26.2. The number of hydrogen-bond acceptors (Lipinski definition) is 12. The monoisotopic (exact) mass is 1550 g/mol. The van der Waals surface area contributed by atoms with Crippen molar-refractivity contribution in [1.29, 1.82) is 0 Å². The summed E-state index contributed by atoms with van der Waals surface area (Å²) in [7, 11) is 0. The summed E-state index contributed by atoms with van der Waals surface area (Å²) in [5.74, 6) is -5.46. The van der Waals surface area contributed by atoms with Crippen LogP contribution < -0.4 is 30.6 Å². The van der Waals surface area contributed by atoms with E-state index in [-0.39, 0.29) is 83.6 Å². The van der Waals surface area contributed by atoms with Crippen LogP contribution in [0.1, 0.15) is 466 Å². The summed E-state index contributed by atoms with van der Waals surface area (Å²) in [6.07, 6.45) is 72.8. The largest absolute Gasteiger partial charge is 4.00 e. The second-order valence-corrected chi connectivity index (χ2v) is 30.4. The van der Waals surface area contributed by atoms with Gasteiger partial charge in [-0.15, -0.1) is 0 Å². The maximum Gasteiger partial charge on any atom is 4.00 e. The molecule has 0 aromatic carbocycles. The molecule has 0 aliphatic carbocycles. The summed E-state index contributed by atoms with van der Waals surface area (Å²) < 4.78 is 3.25. The number of unbranched alkanes of at least 4 members (excludes halogenated alkanes) is 50. The van der Waals surface area contributed by atoms with Crippen LogP contribution in [0.5, 0.6) is 0 Å². The molecule has 0 radical (unpaired) electrons. The van der Waals surface area contributed by atoms with E-state index in [0.717, 1.165) is 77.0 Å². The van der Waals surface area contributed by atoms with E-state index in [2.05, 4.69) is 55.4 Å². The maximum absolute atomic E-state index is 10.1. The summed E-state index contributed by atoms with van der Waals surface area (Å²) in [5, 5.41) is 60.6. The van der Waals surface area contributed by atoms with E-state index in [9.17, 15) is 59.4 Å². The number of hydrogen-bond donors (Lipinski definition) is 0. The third-order valence-corrected chi connectivity index (χ3v) is 20.4. The first-order valence-corrected chi connectivity index (χ1v) is 44.0. The van der Waals surface area contributed by atoms with Crippen molar-refractivity contribution in [3.8, 4) is 0 Å². The molecule has 0 saturated carbocycles. The van der Waals surface area contributed by atoms with Gasteiger partial charge in [-0.25, -0.2) is 0 Å². The summed E-state index contributed by atoms with van der Waals surface area (Å²) in [5.41, 5.74) is 0. The molecule has 0 bridgehead atoms.